The second-order valence-corrected chi connectivity index (χ2v) is 10.8. The molecule has 2 aliphatic carbocycles. The monoisotopic (exact) mass is 498 g/mol. The summed E-state index contributed by atoms with van der Waals surface area (Å²) < 4.78 is 5.87. The molecule has 0 radical (unpaired) electrons. The zero-order valence-electron chi connectivity index (χ0n) is 21.6. The van der Waals surface area contributed by atoms with Crippen LogP contribution >= 0.6 is 0 Å². The van der Waals surface area contributed by atoms with Crippen LogP contribution in [0.3, 0.4) is 0 Å². The average molecular weight is 499 g/mol. The molecule has 192 valence electrons. The summed E-state index contributed by atoms with van der Waals surface area (Å²) in [5, 5.41) is 32.9. The fraction of sp³-hybridized carbons (Fsp3) is 0.344. The van der Waals surface area contributed by atoms with Gasteiger partial charge in [0.1, 0.15) is 22.8 Å². The molecule has 0 spiro atoms. The van der Waals surface area contributed by atoms with Crippen LogP contribution in [-0.4, -0.2) is 21.1 Å². The van der Waals surface area contributed by atoms with Crippen LogP contribution in [0.1, 0.15) is 66.6 Å². The molecular weight excluding hydrogens is 464 g/mol. The number of fused-ring (bicyclic) bond motifs is 2. The van der Waals surface area contributed by atoms with Gasteiger partial charge < -0.3 is 20.1 Å². The highest BCUT2D eigenvalue weighted by Crippen LogP contribution is 2.52. The Labute approximate surface area is 218 Å². The van der Waals surface area contributed by atoms with Crippen molar-refractivity contribution >= 4 is 11.4 Å². The standard InChI is InChI=1S/C32H34O5/c1-18(2)27(21-11-13-25(14-12-21)37-24-7-5-4-6-8-24)31(35)28-30(34)26(19(3)29(33)32(28)36)17-23-16-20-9-10-22(23)15-20/h4-8,11-14,20,22-23,33-34,36H,9-10,15-17H2,1-3H3. The van der Waals surface area contributed by atoms with Crippen LogP contribution in [0.15, 0.2) is 60.2 Å². The van der Waals surface area contributed by atoms with Gasteiger partial charge in [-0.3, -0.25) is 4.79 Å². The molecule has 3 aromatic carbocycles. The van der Waals surface area contributed by atoms with Crippen molar-refractivity contribution in [2.75, 3.05) is 0 Å². The van der Waals surface area contributed by atoms with Crippen LogP contribution < -0.4 is 4.74 Å². The third kappa shape index (κ3) is 4.71. The molecule has 2 bridgehead atoms. The Kier molecular flexibility index (Phi) is 6.72. The molecule has 37 heavy (non-hydrogen) atoms. The fourth-order valence-electron chi connectivity index (χ4n) is 6.32. The zero-order chi connectivity index (χ0) is 26.3. The van der Waals surface area contributed by atoms with Crippen LogP contribution in [0.25, 0.3) is 5.57 Å². The molecule has 3 unspecified atom stereocenters. The summed E-state index contributed by atoms with van der Waals surface area (Å²) in [6, 6.07) is 16.6. The topological polar surface area (TPSA) is 87.0 Å². The van der Waals surface area contributed by atoms with E-state index in [2.05, 4.69) is 0 Å². The molecule has 5 rings (SSSR count). The predicted molar refractivity (Wildman–Crippen MR) is 144 cm³/mol. The number of ketones is 1. The second-order valence-electron chi connectivity index (χ2n) is 10.8. The molecule has 5 heteroatoms. The average Bonchev–Trinajstić information content (AvgIpc) is 3.51. The first-order valence-electron chi connectivity index (χ1n) is 13.1. The van der Waals surface area contributed by atoms with Crippen LogP contribution in [0.2, 0.25) is 0 Å². The maximum absolute atomic E-state index is 13.9. The fourth-order valence-corrected chi connectivity index (χ4v) is 6.32. The van der Waals surface area contributed by atoms with Gasteiger partial charge in [0.05, 0.1) is 0 Å². The van der Waals surface area contributed by atoms with E-state index in [1.807, 2.05) is 44.2 Å². The normalized spacial score (nSPS) is 20.1. The highest BCUT2D eigenvalue weighted by atomic mass is 16.5. The van der Waals surface area contributed by atoms with Crippen LogP contribution in [0.4, 0.5) is 0 Å². The molecule has 0 amide bonds. The molecule has 0 aliphatic heterocycles. The van der Waals surface area contributed by atoms with Gasteiger partial charge in [-0.05, 0) is 94.0 Å². The predicted octanol–water partition coefficient (Wildman–Crippen LogP) is 7.56. The Morgan fingerprint density at radius 3 is 2.14 bits per heavy atom. The van der Waals surface area contributed by atoms with Crippen LogP contribution in [0.5, 0.6) is 28.7 Å². The van der Waals surface area contributed by atoms with Gasteiger partial charge in [0.25, 0.3) is 0 Å². The van der Waals surface area contributed by atoms with E-state index in [1.54, 1.807) is 31.2 Å². The SMILES string of the molecule is CC(C)=C(C(=O)c1c(O)c(O)c(C)c(CC2CC3CCC2C3)c1O)c1ccc(Oc2ccccc2)cc1. The maximum Gasteiger partial charge on any atom is 0.201 e. The Bertz CT molecular complexity index is 1350. The van der Waals surface area contributed by atoms with E-state index in [9.17, 15) is 20.1 Å². The van der Waals surface area contributed by atoms with Crippen molar-refractivity contribution in [3.63, 3.8) is 0 Å². The van der Waals surface area contributed by atoms with Gasteiger partial charge in [-0.2, -0.15) is 0 Å². The molecule has 3 atom stereocenters. The Balaban J connectivity index is 1.47. The molecular formula is C32H34O5. The maximum atomic E-state index is 13.9. The van der Waals surface area contributed by atoms with Gasteiger partial charge >= 0.3 is 0 Å². The number of aromatic hydroxyl groups is 3. The van der Waals surface area contributed by atoms with Crippen molar-refractivity contribution in [3.05, 3.63) is 82.4 Å². The number of phenols is 3. The lowest BCUT2D eigenvalue weighted by Gasteiger charge is -2.24. The van der Waals surface area contributed by atoms with E-state index >= 15 is 0 Å². The number of phenolic OH excluding ortho intramolecular Hbond substituents is 3. The van der Waals surface area contributed by atoms with E-state index in [0.717, 1.165) is 17.9 Å². The van der Waals surface area contributed by atoms with Crippen LogP contribution in [0, 0.1) is 24.7 Å². The van der Waals surface area contributed by atoms with Crippen molar-refractivity contribution in [3.8, 4) is 28.7 Å². The molecule has 2 aliphatic rings. The zero-order valence-corrected chi connectivity index (χ0v) is 21.6. The summed E-state index contributed by atoms with van der Waals surface area (Å²) in [6.07, 6.45) is 5.42. The van der Waals surface area contributed by atoms with Gasteiger partial charge in [-0.25, -0.2) is 0 Å². The number of carbonyl (C=O) groups excluding carboxylic acids is 1. The summed E-state index contributed by atoms with van der Waals surface area (Å²) >= 11 is 0. The number of ether oxygens (including phenoxy) is 1. The van der Waals surface area contributed by atoms with Gasteiger partial charge in [0.2, 0.25) is 5.78 Å². The first-order chi connectivity index (χ1) is 17.7. The first-order valence-corrected chi connectivity index (χ1v) is 13.1. The molecule has 3 aromatic rings. The van der Waals surface area contributed by atoms with Gasteiger partial charge in [-0.15, -0.1) is 0 Å². The number of allylic oxidation sites excluding steroid dienone is 2. The number of hydrogen-bond donors (Lipinski definition) is 3. The summed E-state index contributed by atoms with van der Waals surface area (Å²) in [7, 11) is 0. The van der Waals surface area contributed by atoms with E-state index in [1.165, 1.54) is 19.3 Å². The van der Waals surface area contributed by atoms with E-state index < -0.39 is 11.5 Å². The van der Waals surface area contributed by atoms with Gasteiger partial charge in [-0.1, -0.05) is 42.3 Å². The Morgan fingerprint density at radius 1 is 0.865 bits per heavy atom. The highest BCUT2D eigenvalue weighted by molar-refractivity contribution is 6.31. The molecule has 2 saturated carbocycles. The van der Waals surface area contributed by atoms with Crippen molar-refractivity contribution in [2.45, 2.75) is 52.9 Å². The van der Waals surface area contributed by atoms with E-state index in [-0.39, 0.29) is 17.1 Å². The summed E-state index contributed by atoms with van der Waals surface area (Å²) in [4.78, 5) is 13.9. The van der Waals surface area contributed by atoms with Gasteiger partial charge in [0, 0.05) is 16.7 Å². The number of hydrogen-bond acceptors (Lipinski definition) is 5. The third-order valence-corrected chi connectivity index (χ3v) is 8.22. The molecule has 2 fully saturated rings. The summed E-state index contributed by atoms with van der Waals surface area (Å²) in [5.74, 6) is 1.50. The molecule has 0 saturated heterocycles. The first kappa shape index (κ1) is 24.9. The number of para-hydroxylation sites is 1. The van der Waals surface area contributed by atoms with E-state index in [0.29, 0.717) is 52.0 Å². The second kappa shape index (κ2) is 9.97. The molecule has 0 aromatic heterocycles. The number of rotatable bonds is 7. The van der Waals surface area contributed by atoms with Crippen molar-refractivity contribution < 1.29 is 24.9 Å². The van der Waals surface area contributed by atoms with Crippen LogP contribution in [-0.2, 0) is 6.42 Å². The smallest absolute Gasteiger partial charge is 0.201 e. The van der Waals surface area contributed by atoms with Gasteiger partial charge in [0.15, 0.2) is 11.5 Å². The van der Waals surface area contributed by atoms with E-state index in [4.69, 9.17) is 4.74 Å². The summed E-state index contributed by atoms with van der Waals surface area (Å²) in [6.45, 7) is 5.33. The number of Topliss-reactive ketones (excluding diaryl/α,β-unsaturated/α-hetero) is 1. The summed E-state index contributed by atoms with van der Waals surface area (Å²) in [5.41, 5.74) is 2.51. The van der Waals surface area contributed by atoms with Crippen molar-refractivity contribution in [1.82, 2.24) is 0 Å². The minimum atomic E-state index is -0.570. The number of carbonyl (C=O) groups is 1. The number of benzene rings is 3. The lowest BCUT2D eigenvalue weighted by Crippen LogP contribution is -2.15. The third-order valence-electron chi connectivity index (χ3n) is 8.22. The quantitative estimate of drug-likeness (QED) is 0.135. The highest BCUT2D eigenvalue weighted by Gasteiger charge is 2.40. The lowest BCUT2D eigenvalue weighted by molar-refractivity contribution is 0.105. The molecule has 3 N–H and O–H groups in total. The minimum absolute atomic E-state index is 0.219. The van der Waals surface area contributed by atoms with Crippen molar-refractivity contribution in [1.29, 1.82) is 0 Å². The van der Waals surface area contributed by atoms with Crippen molar-refractivity contribution in [2.24, 2.45) is 17.8 Å². The Morgan fingerprint density at radius 2 is 1.54 bits per heavy atom. The molecule has 5 nitrogen and oxygen atoms in total. The lowest BCUT2D eigenvalue weighted by atomic mass is 9.81. The molecule has 0 heterocycles. The minimum Gasteiger partial charge on any atom is -0.507 e. The Hall–Kier alpha value is -3.73. The largest absolute Gasteiger partial charge is 0.507 e.